The third-order valence-corrected chi connectivity index (χ3v) is 5.32. The van der Waals surface area contributed by atoms with Crippen LogP contribution in [-0.4, -0.2) is 78.0 Å². The average molecular weight is 329 g/mol. The molecule has 2 aliphatic heterocycles. The van der Waals surface area contributed by atoms with Crippen LogP contribution in [0.4, 0.5) is 4.79 Å². The van der Waals surface area contributed by atoms with E-state index in [1.807, 2.05) is 18.7 Å². The second-order valence-electron chi connectivity index (χ2n) is 5.50. The van der Waals surface area contributed by atoms with Gasteiger partial charge >= 0.3 is 17.8 Å². The first kappa shape index (κ1) is 17.1. The van der Waals surface area contributed by atoms with Gasteiger partial charge in [-0.15, -0.1) is 0 Å². The van der Waals surface area contributed by atoms with Crippen LogP contribution < -0.4 is 5.32 Å². The van der Waals surface area contributed by atoms with Crippen LogP contribution >= 0.6 is 11.8 Å². The minimum atomic E-state index is -0.753. The molecule has 7 nitrogen and oxygen atoms in total. The summed E-state index contributed by atoms with van der Waals surface area (Å²) in [5.74, 6) is 0.628. The summed E-state index contributed by atoms with van der Waals surface area (Å²) in [6.07, 6.45) is 1.73. The first-order chi connectivity index (χ1) is 10.5. The molecule has 2 fully saturated rings. The number of ether oxygens (including phenoxy) is 1. The summed E-state index contributed by atoms with van der Waals surface area (Å²) in [6.45, 7) is 3.27. The molecule has 0 unspecified atom stereocenters. The molecule has 0 aromatic rings. The number of hydrogen-bond acceptors (Lipinski definition) is 5. The fourth-order valence-electron chi connectivity index (χ4n) is 2.70. The Morgan fingerprint density at radius 3 is 2.55 bits per heavy atom. The van der Waals surface area contributed by atoms with Gasteiger partial charge in [-0.2, -0.15) is 11.8 Å². The van der Waals surface area contributed by atoms with Crippen LogP contribution in [0.15, 0.2) is 0 Å². The Morgan fingerprint density at radius 1 is 1.27 bits per heavy atom. The maximum absolute atomic E-state index is 12.2. The van der Waals surface area contributed by atoms with Crippen molar-refractivity contribution in [3.8, 4) is 0 Å². The number of nitrogens with one attached hydrogen (secondary N) is 1. The van der Waals surface area contributed by atoms with Crippen molar-refractivity contribution in [3.63, 3.8) is 0 Å². The number of likely N-dealkylation sites (N-methyl/N-ethyl adjacent to an activating group) is 1. The van der Waals surface area contributed by atoms with Gasteiger partial charge in [-0.3, -0.25) is 14.5 Å². The molecule has 0 bridgehead atoms. The molecule has 0 spiro atoms. The van der Waals surface area contributed by atoms with E-state index in [2.05, 4.69) is 5.32 Å². The summed E-state index contributed by atoms with van der Waals surface area (Å²) < 4.78 is 5.59. The van der Waals surface area contributed by atoms with E-state index in [9.17, 15) is 14.4 Å². The van der Waals surface area contributed by atoms with Gasteiger partial charge in [-0.1, -0.05) is 0 Å². The zero-order valence-corrected chi connectivity index (χ0v) is 13.9. The molecule has 124 valence electrons. The number of urea groups is 1. The lowest BCUT2D eigenvalue weighted by atomic mass is 9.96. The number of rotatable bonds is 4. The summed E-state index contributed by atoms with van der Waals surface area (Å²) in [7, 11) is 1.65. The van der Waals surface area contributed by atoms with Crippen LogP contribution in [0.3, 0.4) is 0 Å². The smallest absolute Gasteiger partial charge is 0.324 e. The SMILES string of the molecule is CCN1CCN(C(=O)NCC2(OC)CCSCC2)C(=O)C1=O. The molecule has 0 atom stereocenters. The van der Waals surface area contributed by atoms with Gasteiger partial charge in [0.25, 0.3) is 0 Å². The van der Waals surface area contributed by atoms with Crippen molar-refractivity contribution in [2.24, 2.45) is 0 Å². The second-order valence-corrected chi connectivity index (χ2v) is 6.72. The third kappa shape index (κ3) is 3.55. The predicted octanol–water partition coefficient (Wildman–Crippen LogP) is 0.299. The Morgan fingerprint density at radius 2 is 1.95 bits per heavy atom. The van der Waals surface area contributed by atoms with Crippen LogP contribution in [0.1, 0.15) is 19.8 Å². The highest BCUT2D eigenvalue weighted by Gasteiger charge is 2.37. The molecule has 0 aromatic heterocycles. The van der Waals surface area contributed by atoms with Gasteiger partial charge in [0, 0.05) is 33.3 Å². The largest absolute Gasteiger partial charge is 0.376 e. The summed E-state index contributed by atoms with van der Waals surface area (Å²) in [5, 5.41) is 2.76. The number of hydrogen-bond donors (Lipinski definition) is 1. The van der Waals surface area contributed by atoms with E-state index in [1.54, 1.807) is 7.11 Å². The fourth-order valence-corrected chi connectivity index (χ4v) is 3.94. The number of amides is 4. The number of imide groups is 1. The summed E-state index contributed by atoms with van der Waals surface area (Å²) in [6, 6.07) is -0.510. The lowest BCUT2D eigenvalue weighted by Gasteiger charge is -2.37. The second kappa shape index (κ2) is 7.32. The van der Waals surface area contributed by atoms with Crippen molar-refractivity contribution in [3.05, 3.63) is 0 Å². The minimum absolute atomic E-state index is 0.236. The van der Waals surface area contributed by atoms with Gasteiger partial charge in [-0.25, -0.2) is 4.79 Å². The maximum atomic E-state index is 12.2. The summed E-state index contributed by atoms with van der Waals surface area (Å²) in [4.78, 5) is 38.5. The number of thioether (sulfide) groups is 1. The van der Waals surface area contributed by atoms with E-state index in [-0.39, 0.29) is 12.1 Å². The standard InChI is InChI=1S/C14H23N3O4S/c1-3-16-6-7-17(12(19)11(16)18)13(20)15-10-14(21-2)4-8-22-9-5-14/h3-10H2,1-2H3,(H,15,20). The van der Waals surface area contributed by atoms with Gasteiger partial charge in [-0.05, 0) is 31.3 Å². The predicted molar refractivity (Wildman–Crippen MR) is 83.7 cm³/mol. The lowest BCUT2D eigenvalue weighted by molar-refractivity contribution is -0.153. The Hall–Kier alpha value is -1.28. The van der Waals surface area contributed by atoms with Crippen molar-refractivity contribution in [1.29, 1.82) is 0 Å². The Kier molecular flexibility index (Phi) is 5.69. The molecule has 2 heterocycles. The van der Waals surface area contributed by atoms with Crippen LogP contribution in [-0.2, 0) is 14.3 Å². The van der Waals surface area contributed by atoms with Gasteiger partial charge in [0.2, 0.25) is 0 Å². The molecule has 2 saturated heterocycles. The number of nitrogens with zero attached hydrogens (tertiary/aromatic N) is 2. The molecule has 1 N–H and O–H groups in total. The molecule has 2 rings (SSSR count). The number of piperazine rings is 1. The Balaban J connectivity index is 1.92. The fraction of sp³-hybridized carbons (Fsp3) is 0.786. The van der Waals surface area contributed by atoms with Crippen molar-refractivity contribution in [1.82, 2.24) is 15.1 Å². The zero-order valence-electron chi connectivity index (χ0n) is 13.1. The number of methoxy groups -OCH3 is 1. The van der Waals surface area contributed by atoms with Crippen molar-refractivity contribution < 1.29 is 19.1 Å². The van der Waals surface area contributed by atoms with E-state index < -0.39 is 17.8 Å². The molecular weight excluding hydrogens is 306 g/mol. The topological polar surface area (TPSA) is 79.0 Å². The molecule has 0 saturated carbocycles. The molecule has 0 radical (unpaired) electrons. The van der Waals surface area contributed by atoms with Gasteiger partial charge < -0.3 is 15.0 Å². The zero-order chi connectivity index (χ0) is 16.2. The van der Waals surface area contributed by atoms with Gasteiger partial charge in [0.05, 0.1) is 5.60 Å². The number of carbonyl (C=O) groups excluding carboxylic acids is 3. The van der Waals surface area contributed by atoms with Crippen LogP contribution in [0.5, 0.6) is 0 Å². The quantitative estimate of drug-likeness (QED) is 0.751. The maximum Gasteiger partial charge on any atom is 0.324 e. The van der Waals surface area contributed by atoms with Crippen molar-refractivity contribution >= 4 is 29.6 Å². The third-order valence-electron chi connectivity index (χ3n) is 4.33. The molecule has 2 aliphatic rings. The minimum Gasteiger partial charge on any atom is -0.376 e. The highest BCUT2D eigenvalue weighted by Crippen LogP contribution is 2.29. The van der Waals surface area contributed by atoms with E-state index in [0.29, 0.717) is 19.6 Å². The average Bonchev–Trinajstić information content (AvgIpc) is 2.56. The van der Waals surface area contributed by atoms with Crippen LogP contribution in [0.2, 0.25) is 0 Å². The molecule has 0 aliphatic carbocycles. The van der Waals surface area contributed by atoms with E-state index >= 15 is 0 Å². The first-order valence-corrected chi connectivity index (χ1v) is 8.70. The van der Waals surface area contributed by atoms with E-state index in [4.69, 9.17) is 4.74 Å². The molecular formula is C14H23N3O4S. The highest BCUT2D eigenvalue weighted by atomic mass is 32.2. The summed E-state index contributed by atoms with van der Waals surface area (Å²) in [5.41, 5.74) is -0.362. The van der Waals surface area contributed by atoms with Gasteiger partial charge in [0.1, 0.15) is 0 Å². The van der Waals surface area contributed by atoms with Gasteiger partial charge in [0.15, 0.2) is 0 Å². The molecule has 22 heavy (non-hydrogen) atoms. The highest BCUT2D eigenvalue weighted by molar-refractivity contribution is 7.99. The Labute approximate surface area is 134 Å². The number of carbonyl (C=O) groups is 3. The monoisotopic (exact) mass is 329 g/mol. The normalized spacial score (nSPS) is 21.9. The molecule has 8 heteroatoms. The van der Waals surface area contributed by atoms with Crippen LogP contribution in [0, 0.1) is 0 Å². The Bertz CT molecular complexity index is 451. The van der Waals surface area contributed by atoms with Crippen LogP contribution in [0.25, 0.3) is 0 Å². The lowest BCUT2D eigenvalue weighted by Crippen LogP contribution is -2.59. The van der Waals surface area contributed by atoms with E-state index in [0.717, 1.165) is 29.2 Å². The van der Waals surface area contributed by atoms with Crippen molar-refractivity contribution in [2.45, 2.75) is 25.4 Å². The first-order valence-electron chi connectivity index (χ1n) is 7.54. The molecule has 0 aromatic carbocycles. The van der Waals surface area contributed by atoms with Crippen molar-refractivity contribution in [2.75, 3.05) is 44.8 Å². The molecule has 4 amide bonds. The van der Waals surface area contributed by atoms with E-state index in [1.165, 1.54) is 4.90 Å². The summed E-state index contributed by atoms with van der Waals surface area (Å²) >= 11 is 1.87.